The SMILES string of the molecule is N#CC1(C(=O)NCc2ccccc2F)COC1. The molecule has 1 aliphatic heterocycles. The number of hydrogen-bond acceptors (Lipinski definition) is 3. The van der Waals surface area contributed by atoms with Crippen molar-refractivity contribution >= 4 is 5.91 Å². The minimum absolute atomic E-state index is 0.0783. The Bertz CT molecular complexity index is 478. The molecule has 88 valence electrons. The second-order valence-electron chi connectivity index (χ2n) is 3.96. The van der Waals surface area contributed by atoms with Crippen LogP contribution in [0.3, 0.4) is 0 Å². The molecule has 17 heavy (non-hydrogen) atoms. The molecule has 0 bridgehead atoms. The third-order valence-electron chi connectivity index (χ3n) is 2.74. The van der Waals surface area contributed by atoms with Crippen LogP contribution in [-0.4, -0.2) is 19.1 Å². The van der Waals surface area contributed by atoms with Crippen LogP contribution < -0.4 is 5.32 Å². The Morgan fingerprint density at radius 1 is 1.53 bits per heavy atom. The molecular formula is C12H11FN2O2. The monoisotopic (exact) mass is 234 g/mol. The van der Waals surface area contributed by atoms with Crippen molar-refractivity contribution in [1.82, 2.24) is 5.32 Å². The number of ether oxygens (including phenoxy) is 1. The van der Waals surface area contributed by atoms with Crippen LogP contribution in [0.15, 0.2) is 24.3 Å². The normalized spacial score (nSPS) is 16.7. The number of carbonyl (C=O) groups is 1. The maximum Gasteiger partial charge on any atom is 0.245 e. The number of amides is 1. The predicted molar refractivity (Wildman–Crippen MR) is 57.1 cm³/mol. The summed E-state index contributed by atoms with van der Waals surface area (Å²) >= 11 is 0. The van der Waals surface area contributed by atoms with Crippen LogP contribution >= 0.6 is 0 Å². The van der Waals surface area contributed by atoms with Crippen LogP contribution in [0.25, 0.3) is 0 Å². The summed E-state index contributed by atoms with van der Waals surface area (Å²) in [5.41, 5.74) is -0.695. The maximum atomic E-state index is 13.3. The lowest BCUT2D eigenvalue weighted by Gasteiger charge is -2.33. The fourth-order valence-electron chi connectivity index (χ4n) is 1.54. The molecule has 0 spiro atoms. The van der Waals surface area contributed by atoms with Gasteiger partial charge >= 0.3 is 0 Å². The second kappa shape index (κ2) is 4.52. The van der Waals surface area contributed by atoms with Crippen molar-refractivity contribution in [2.24, 2.45) is 5.41 Å². The first kappa shape index (κ1) is 11.6. The van der Waals surface area contributed by atoms with Gasteiger partial charge in [-0.05, 0) is 6.07 Å². The van der Waals surface area contributed by atoms with E-state index in [0.29, 0.717) is 5.56 Å². The largest absolute Gasteiger partial charge is 0.377 e. The van der Waals surface area contributed by atoms with E-state index < -0.39 is 11.3 Å². The molecule has 5 heteroatoms. The highest BCUT2D eigenvalue weighted by Crippen LogP contribution is 2.26. The molecule has 2 rings (SSSR count). The van der Waals surface area contributed by atoms with Crippen LogP contribution in [0.1, 0.15) is 5.56 Å². The Kier molecular flexibility index (Phi) is 3.07. The van der Waals surface area contributed by atoms with Gasteiger partial charge in [0.1, 0.15) is 5.82 Å². The second-order valence-corrected chi connectivity index (χ2v) is 3.96. The maximum absolute atomic E-state index is 13.3. The van der Waals surface area contributed by atoms with Crippen molar-refractivity contribution < 1.29 is 13.9 Å². The molecular weight excluding hydrogens is 223 g/mol. The van der Waals surface area contributed by atoms with E-state index in [-0.39, 0.29) is 25.6 Å². The van der Waals surface area contributed by atoms with Gasteiger partial charge in [0.15, 0.2) is 5.41 Å². The van der Waals surface area contributed by atoms with Crippen molar-refractivity contribution in [2.45, 2.75) is 6.54 Å². The number of nitriles is 1. The zero-order valence-electron chi connectivity index (χ0n) is 9.07. The summed E-state index contributed by atoms with van der Waals surface area (Å²) < 4.78 is 18.1. The van der Waals surface area contributed by atoms with E-state index >= 15 is 0 Å². The molecule has 0 saturated carbocycles. The Morgan fingerprint density at radius 2 is 2.24 bits per heavy atom. The minimum atomic E-state index is -1.09. The van der Waals surface area contributed by atoms with Gasteiger partial charge in [-0.3, -0.25) is 4.79 Å². The smallest absolute Gasteiger partial charge is 0.245 e. The Labute approximate surface area is 98.0 Å². The first-order chi connectivity index (χ1) is 8.18. The van der Waals surface area contributed by atoms with Gasteiger partial charge in [0.2, 0.25) is 5.91 Å². The predicted octanol–water partition coefficient (Wildman–Crippen LogP) is 0.982. The van der Waals surface area contributed by atoms with Gasteiger partial charge in [-0.1, -0.05) is 18.2 Å². The van der Waals surface area contributed by atoms with E-state index in [9.17, 15) is 9.18 Å². The lowest BCUT2D eigenvalue weighted by Crippen LogP contribution is -2.53. The first-order valence-corrected chi connectivity index (χ1v) is 5.19. The van der Waals surface area contributed by atoms with Crippen LogP contribution in [0.4, 0.5) is 4.39 Å². The van der Waals surface area contributed by atoms with Crippen LogP contribution in [0.2, 0.25) is 0 Å². The summed E-state index contributed by atoms with van der Waals surface area (Å²) in [6.45, 7) is 0.286. The molecule has 0 aromatic heterocycles. The summed E-state index contributed by atoms with van der Waals surface area (Å²) in [6.07, 6.45) is 0. The average Bonchev–Trinajstić information content (AvgIpc) is 2.27. The zero-order valence-corrected chi connectivity index (χ0v) is 9.07. The van der Waals surface area contributed by atoms with Gasteiger partial charge in [-0.15, -0.1) is 0 Å². The third kappa shape index (κ3) is 2.12. The number of rotatable bonds is 3. The van der Waals surface area contributed by atoms with E-state index in [0.717, 1.165) is 0 Å². The molecule has 1 aromatic rings. The van der Waals surface area contributed by atoms with Crippen LogP contribution in [0, 0.1) is 22.6 Å². The van der Waals surface area contributed by atoms with Crippen molar-refractivity contribution in [3.63, 3.8) is 0 Å². The summed E-state index contributed by atoms with van der Waals surface area (Å²) in [4.78, 5) is 11.7. The highest BCUT2D eigenvalue weighted by atomic mass is 19.1. The summed E-state index contributed by atoms with van der Waals surface area (Å²) in [5.74, 6) is -0.779. The number of hydrogen-bond donors (Lipinski definition) is 1. The number of nitrogens with zero attached hydrogens (tertiary/aromatic N) is 1. The first-order valence-electron chi connectivity index (χ1n) is 5.19. The number of nitrogens with one attached hydrogen (secondary N) is 1. The molecule has 1 saturated heterocycles. The summed E-state index contributed by atoms with van der Waals surface area (Å²) in [7, 11) is 0. The molecule has 4 nitrogen and oxygen atoms in total. The molecule has 0 radical (unpaired) electrons. The fraction of sp³-hybridized carbons (Fsp3) is 0.333. The van der Waals surface area contributed by atoms with E-state index in [1.54, 1.807) is 18.2 Å². The van der Waals surface area contributed by atoms with Crippen LogP contribution in [-0.2, 0) is 16.1 Å². The lowest BCUT2D eigenvalue weighted by molar-refractivity contribution is -0.150. The highest BCUT2D eigenvalue weighted by molar-refractivity contribution is 5.86. The molecule has 1 aromatic carbocycles. The molecule has 0 aliphatic carbocycles. The molecule has 1 N–H and O–H groups in total. The third-order valence-corrected chi connectivity index (χ3v) is 2.74. The summed E-state index contributed by atoms with van der Waals surface area (Å²) in [6, 6.07) is 8.12. The molecule has 0 unspecified atom stereocenters. The molecule has 1 amide bonds. The lowest BCUT2D eigenvalue weighted by atomic mass is 9.87. The number of halogens is 1. The topological polar surface area (TPSA) is 62.1 Å². The molecule has 1 heterocycles. The fourth-order valence-corrected chi connectivity index (χ4v) is 1.54. The van der Waals surface area contributed by atoms with E-state index in [1.165, 1.54) is 6.07 Å². The van der Waals surface area contributed by atoms with Crippen molar-refractivity contribution in [3.8, 4) is 6.07 Å². The van der Waals surface area contributed by atoms with Crippen molar-refractivity contribution in [1.29, 1.82) is 5.26 Å². The van der Waals surface area contributed by atoms with Gasteiger partial charge in [0.05, 0.1) is 19.3 Å². The average molecular weight is 234 g/mol. The van der Waals surface area contributed by atoms with E-state index in [4.69, 9.17) is 10.00 Å². The zero-order chi connectivity index (χ0) is 12.3. The van der Waals surface area contributed by atoms with Crippen molar-refractivity contribution in [3.05, 3.63) is 35.6 Å². The molecule has 1 fully saturated rings. The number of carbonyl (C=O) groups excluding carboxylic acids is 1. The van der Waals surface area contributed by atoms with Gasteiger partial charge in [0.25, 0.3) is 0 Å². The molecule has 0 atom stereocenters. The Hall–Kier alpha value is -1.93. The van der Waals surface area contributed by atoms with Crippen molar-refractivity contribution in [2.75, 3.05) is 13.2 Å². The van der Waals surface area contributed by atoms with Gasteiger partial charge in [0, 0.05) is 12.1 Å². The Morgan fingerprint density at radius 3 is 2.76 bits per heavy atom. The standard InChI is InChI=1S/C12H11FN2O2/c13-10-4-2-1-3-9(10)5-15-11(16)12(6-14)7-17-8-12/h1-4H,5,7-8H2,(H,15,16). The minimum Gasteiger partial charge on any atom is -0.377 e. The van der Waals surface area contributed by atoms with E-state index in [1.807, 2.05) is 6.07 Å². The molecule has 1 aliphatic rings. The van der Waals surface area contributed by atoms with Gasteiger partial charge in [-0.25, -0.2) is 4.39 Å². The van der Waals surface area contributed by atoms with Crippen LogP contribution in [0.5, 0.6) is 0 Å². The number of benzene rings is 1. The Balaban J connectivity index is 1.98. The van der Waals surface area contributed by atoms with Gasteiger partial charge < -0.3 is 10.1 Å². The highest BCUT2D eigenvalue weighted by Gasteiger charge is 2.46. The van der Waals surface area contributed by atoms with E-state index in [2.05, 4.69) is 5.32 Å². The quantitative estimate of drug-likeness (QED) is 0.848. The summed E-state index contributed by atoms with van der Waals surface area (Å²) in [5, 5.41) is 11.4. The van der Waals surface area contributed by atoms with Gasteiger partial charge in [-0.2, -0.15) is 5.26 Å².